The first-order chi connectivity index (χ1) is 19.6. The van der Waals surface area contributed by atoms with Gasteiger partial charge in [0.05, 0.1) is 47.0 Å². The number of sulfonamides is 1. The molecule has 6 rings (SSSR count). The average Bonchev–Trinajstić information content (AvgIpc) is 3.57. The van der Waals surface area contributed by atoms with Gasteiger partial charge in [-0.1, -0.05) is 6.92 Å². The lowest BCUT2D eigenvalue weighted by Crippen LogP contribution is -2.25. The highest BCUT2D eigenvalue weighted by atomic mass is 32.2. The van der Waals surface area contributed by atoms with Gasteiger partial charge in [0.25, 0.3) is 0 Å². The van der Waals surface area contributed by atoms with Gasteiger partial charge in [-0.3, -0.25) is 14.1 Å². The SMILES string of the molecule is CCC(=O)c1c(-c2ccc(F)cc2)oc2cc(N(C)S(C)(=O)=O)c(-c3cc(-c4nc5c(s4)COCC5)ccn3)cc12. The van der Waals surface area contributed by atoms with Crippen LogP contribution in [0.15, 0.2) is 59.1 Å². The van der Waals surface area contributed by atoms with E-state index in [1.54, 1.807) is 48.7 Å². The van der Waals surface area contributed by atoms with E-state index in [9.17, 15) is 17.6 Å². The largest absolute Gasteiger partial charge is 0.455 e. The lowest BCUT2D eigenvalue weighted by Gasteiger charge is -2.20. The van der Waals surface area contributed by atoms with Crippen LogP contribution >= 0.6 is 11.3 Å². The first kappa shape index (κ1) is 27.3. The molecule has 0 saturated heterocycles. The molecule has 8 nitrogen and oxygen atoms in total. The Bertz CT molecular complexity index is 1890. The Kier molecular flexibility index (Phi) is 6.96. The predicted molar refractivity (Wildman–Crippen MR) is 157 cm³/mol. The van der Waals surface area contributed by atoms with E-state index < -0.39 is 15.8 Å². The molecule has 0 amide bonds. The summed E-state index contributed by atoms with van der Waals surface area (Å²) in [6, 6.07) is 12.8. The maximum absolute atomic E-state index is 13.7. The Hall–Kier alpha value is -3.93. The van der Waals surface area contributed by atoms with Gasteiger partial charge >= 0.3 is 0 Å². The molecule has 4 heterocycles. The fourth-order valence-electron chi connectivity index (χ4n) is 4.89. The molecule has 2 aromatic carbocycles. The van der Waals surface area contributed by atoms with Crippen LogP contribution in [0.3, 0.4) is 0 Å². The fraction of sp³-hybridized carbons (Fsp3) is 0.233. The second-order valence-corrected chi connectivity index (χ2v) is 12.9. The molecule has 0 radical (unpaired) electrons. The number of carbonyl (C=O) groups excluding carboxylic acids is 1. The third kappa shape index (κ3) is 5.05. The topological polar surface area (TPSA) is 103 Å². The number of hydrogen-bond acceptors (Lipinski definition) is 8. The zero-order valence-corrected chi connectivity index (χ0v) is 24.2. The summed E-state index contributed by atoms with van der Waals surface area (Å²) in [6.45, 7) is 2.93. The molecule has 1 aliphatic heterocycles. The normalized spacial score (nSPS) is 13.4. The van der Waals surface area contributed by atoms with Crippen LogP contribution in [0, 0.1) is 5.82 Å². The molecule has 1 aliphatic rings. The van der Waals surface area contributed by atoms with E-state index in [0.717, 1.165) is 38.1 Å². The van der Waals surface area contributed by atoms with Gasteiger partial charge in [-0.05, 0) is 42.5 Å². The molecule has 0 bridgehead atoms. The number of carbonyl (C=O) groups is 1. The molecule has 3 aromatic heterocycles. The second-order valence-electron chi connectivity index (χ2n) is 9.81. The molecule has 0 fully saturated rings. The summed E-state index contributed by atoms with van der Waals surface area (Å²) in [6.07, 6.45) is 3.75. The summed E-state index contributed by atoms with van der Waals surface area (Å²) >= 11 is 1.56. The van der Waals surface area contributed by atoms with Gasteiger partial charge < -0.3 is 9.15 Å². The number of aromatic nitrogens is 2. The van der Waals surface area contributed by atoms with E-state index in [2.05, 4.69) is 4.98 Å². The standard InChI is InChI=1S/C30H26FN3O5S2/c1-4-25(35)28-21-14-20(23-13-18(9-11-32-23)30-33-22-10-12-38-16-27(22)40-30)24(34(2)41(3,36)37)15-26(21)39-29(28)17-5-7-19(31)8-6-17/h5-9,11,13-15H,4,10,12,16H2,1-3H3. The van der Waals surface area contributed by atoms with E-state index in [0.29, 0.717) is 58.0 Å². The van der Waals surface area contributed by atoms with Crippen molar-refractivity contribution in [3.63, 3.8) is 0 Å². The quantitative estimate of drug-likeness (QED) is 0.200. The van der Waals surface area contributed by atoms with Crippen LogP contribution in [0.25, 0.3) is 44.1 Å². The molecule has 11 heteroatoms. The molecular formula is C30H26FN3O5S2. The van der Waals surface area contributed by atoms with Crippen molar-refractivity contribution < 1.29 is 26.8 Å². The van der Waals surface area contributed by atoms with Crippen molar-refractivity contribution in [2.45, 2.75) is 26.4 Å². The Morgan fingerprint density at radius 1 is 1.12 bits per heavy atom. The number of halogens is 1. The Labute approximate surface area is 240 Å². The Balaban J connectivity index is 1.58. The predicted octanol–water partition coefficient (Wildman–Crippen LogP) is 6.49. The minimum atomic E-state index is -3.67. The van der Waals surface area contributed by atoms with Gasteiger partial charge in [-0.15, -0.1) is 11.3 Å². The number of hydrogen-bond donors (Lipinski definition) is 0. The number of nitrogens with zero attached hydrogens (tertiary/aromatic N) is 3. The number of furan rings is 1. The third-order valence-electron chi connectivity index (χ3n) is 7.13. The molecular weight excluding hydrogens is 565 g/mol. The number of ketones is 1. The maximum Gasteiger partial charge on any atom is 0.232 e. The van der Waals surface area contributed by atoms with Crippen molar-refractivity contribution in [3.8, 4) is 33.2 Å². The molecule has 0 unspecified atom stereocenters. The molecule has 210 valence electrons. The summed E-state index contributed by atoms with van der Waals surface area (Å²) in [7, 11) is -2.21. The summed E-state index contributed by atoms with van der Waals surface area (Å²) < 4.78 is 52.0. The average molecular weight is 592 g/mol. The highest BCUT2D eigenvalue weighted by Gasteiger charge is 2.26. The van der Waals surface area contributed by atoms with Gasteiger partial charge in [-0.2, -0.15) is 0 Å². The van der Waals surface area contributed by atoms with Gasteiger partial charge in [-0.25, -0.2) is 17.8 Å². The molecule has 41 heavy (non-hydrogen) atoms. The minimum absolute atomic E-state index is 0.157. The first-order valence-corrected chi connectivity index (χ1v) is 15.7. The maximum atomic E-state index is 13.7. The Morgan fingerprint density at radius 3 is 2.61 bits per heavy atom. The number of rotatable bonds is 7. The lowest BCUT2D eigenvalue weighted by molar-refractivity contribution is 0.0989. The smallest absolute Gasteiger partial charge is 0.232 e. The number of ether oxygens (including phenoxy) is 1. The summed E-state index contributed by atoms with van der Waals surface area (Å²) in [5.41, 5.74) is 4.45. The van der Waals surface area contributed by atoms with Crippen molar-refractivity contribution in [3.05, 3.63) is 76.7 Å². The number of benzene rings is 2. The fourth-order valence-corrected chi connectivity index (χ4v) is 6.44. The van der Waals surface area contributed by atoms with Crippen molar-refractivity contribution in [2.75, 3.05) is 24.2 Å². The van der Waals surface area contributed by atoms with Crippen molar-refractivity contribution >= 4 is 43.8 Å². The summed E-state index contributed by atoms with van der Waals surface area (Å²) in [5, 5.41) is 1.35. The van der Waals surface area contributed by atoms with E-state index in [1.807, 2.05) is 12.1 Å². The molecule has 0 saturated carbocycles. The molecule has 0 aliphatic carbocycles. The van der Waals surface area contributed by atoms with E-state index in [-0.39, 0.29) is 12.2 Å². The number of Topliss-reactive ketones (excluding diaryl/α,β-unsaturated/α-hetero) is 1. The first-order valence-electron chi connectivity index (χ1n) is 13.0. The van der Waals surface area contributed by atoms with E-state index >= 15 is 0 Å². The van der Waals surface area contributed by atoms with Crippen LogP contribution in [0.4, 0.5) is 10.1 Å². The van der Waals surface area contributed by atoms with E-state index in [4.69, 9.17) is 14.1 Å². The van der Waals surface area contributed by atoms with Crippen LogP contribution in [-0.2, 0) is 27.8 Å². The second kappa shape index (κ2) is 10.5. The number of pyridine rings is 1. The van der Waals surface area contributed by atoms with Crippen molar-refractivity contribution in [1.82, 2.24) is 9.97 Å². The van der Waals surface area contributed by atoms with Gasteiger partial charge in [0.15, 0.2) is 5.78 Å². The molecule has 0 spiro atoms. The van der Waals surface area contributed by atoms with E-state index in [1.165, 1.54) is 19.2 Å². The highest BCUT2D eigenvalue weighted by molar-refractivity contribution is 7.92. The summed E-state index contributed by atoms with van der Waals surface area (Å²) in [5.74, 6) is -0.267. The Morgan fingerprint density at radius 2 is 1.90 bits per heavy atom. The lowest BCUT2D eigenvalue weighted by atomic mass is 9.97. The molecule has 0 atom stereocenters. The van der Waals surface area contributed by atoms with Crippen LogP contribution in [0.5, 0.6) is 0 Å². The van der Waals surface area contributed by atoms with Crippen LogP contribution < -0.4 is 4.31 Å². The van der Waals surface area contributed by atoms with Gasteiger partial charge in [0, 0.05) is 54.2 Å². The van der Waals surface area contributed by atoms with Crippen molar-refractivity contribution in [1.29, 1.82) is 0 Å². The molecule has 5 aromatic rings. The third-order valence-corrected chi connectivity index (χ3v) is 9.44. The van der Waals surface area contributed by atoms with Gasteiger partial charge in [0.2, 0.25) is 10.0 Å². The monoisotopic (exact) mass is 591 g/mol. The van der Waals surface area contributed by atoms with Gasteiger partial charge in [0.1, 0.15) is 22.2 Å². The molecule has 0 N–H and O–H groups in total. The minimum Gasteiger partial charge on any atom is -0.455 e. The van der Waals surface area contributed by atoms with Crippen LogP contribution in [0.2, 0.25) is 0 Å². The zero-order chi connectivity index (χ0) is 28.9. The zero-order valence-electron chi connectivity index (χ0n) is 22.6. The van der Waals surface area contributed by atoms with Crippen LogP contribution in [0.1, 0.15) is 34.3 Å². The highest BCUT2D eigenvalue weighted by Crippen LogP contribution is 2.42. The summed E-state index contributed by atoms with van der Waals surface area (Å²) in [4.78, 5) is 23.7. The van der Waals surface area contributed by atoms with Crippen molar-refractivity contribution in [2.24, 2.45) is 0 Å². The number of anilines is 1. The number of fused-ring (bicyclic) bond motifs is 2. The van der Waals surface area contributed by atoms with Crippen LogP contribution in [-0.4, -0.2) is 44.1 Å². The number of thiazole rings is 1.